The third-order valence-electron chi connectivity index (χ3n) is 5.43. The number of benzene rings is 2. The first-order chi connectivity index (χ1) is 14.2. The van der Waals surface area contributed by atoms with Crippen molar-refractivity contribution in [1.29, 1.82) is 0 Å². The van der Waals surface area contributed by atoms with E-state index < -0.39 is 5.91 Å². The second kappa shape index (κ2) is 9.56. The molecule has 2 amide bonds. The largest absolute Gasteiger partial charge is 0.371 e. The molecule has 30 heavy (non-hydrogen) atoms. The number of amides is 2. The minimum absolute atomic E-state index is 0.0875. The van der Waals surface area contributed by atoms with E-state index in [2.05, 4.69) is 55.3 Å². The fraction of sp³-hybridized carbons (Fsp3) is 0.417. The van der Waals surface area contributed by atoms with E-state index in [0.717, 1.165) is 30.8 Å². The molecular formula is C24H31N3O2S. The fourth-order valence-corrected chi connectivity index (χ4v) is 4.44. The van der Waals surface area contributed by atoms with Crippen LogP contribution in [0.25, 0.3) is 0 Å². The Hall–Kier alpha value is -2.47. The number of hydrogen-bond acceptors (Lipinski definition) is 4. The summed E-state index contributed by atoms with van der Waals surface area (Å²) < 4.78 is 0. The Bertz CT molecular complexity index is 882. The van der Waals surface area contributed by atoms with Crippen LogP contribution in [-0.2, 0) is 10.2 Å². The van der Waals surface area contributed by atoms with Gasteiger partial charge in [-0.1, -0.05) is 45.0 Å². The van der Waals surface area contributed by atoms with Crippen LogP contribution in [0.5, 0.6) is 0 Å². The van der Waals surface area contributed by atoms with E-state index in [9.17, 15) is 9.59 Å². The summed E-state index contributed by atoms with van der Waals surface area (Å²) in [4.78, 5) is 27.1. The highest BCUT2D eigenvalue weighted by Gasteiger charge is 2.23. The number of piperidine rings is 1. The number of nitrogens with one attached hydrogen (secondary N) is 1. The second-order valence-electron chi connectivity index (χ2n) is 8.78. The number of carbonyl (C=O) groups is 2. The van der Waals surface area contributed by atoms with Gasteiger partial charge in [0.15, 0.2) is 0 Å². The molecule has 0 spiro atoms. The number of carbonyl (C=O) groups excluding carboxylic acids is 2. The maximum atomic E-state index is 12.8. The van der Waals surface area contributed by atoms with Crippen LogP contribution in [0.3, 0.4) is 0 Å². The van der Waals surface area contributed by atoms with Gasteiger partial charge in [-0.2, -0.15) is 0 Å². The third kappa shape index (κ3) is 5.79. The van der Waals surface area contributed by atoms with E-state index in [0.29, 0.717) is 5.56 Å². The molecule has 3 rings (SSSR count). The second-order valence-corrected chi connectivity index (χ2v) is 9.80. The Morgan fingerprint density at radius 3 is 2.30 bits per heavy atom. The lowest BCUT2D eigenvalue weighted by atomic mass is 9.87. The summed E-state index contributed by atoms with van der Waals surface area (Å²) >= 11 is 1.30. The lowest BCUT2D eigenvalue weighted by molar-refractivity contribution is -0.115. The highest BCUT2D eigenvalue weighted by molar-refractivity contribution is 8.00. The number of nitrogens with two attached hydrogens (primary N) is 1. The zero-order valence-electron chi connectivity index (χ0n) is 18.0. The maximum absolute atomic E-state index is 12.8. The molecule has 0 unspecified atom stereocenters. The average Bonchev–Trinajstić information content (AvgIpc) is 2.72. The summed E-state index contributed by atoms with van der Waals surface area (Å²) in [7, 11) is 0. The predicted molar refractivity (Wildman–Crippen MR) is 124 cm³/mol. The Labute approximate surface area is 183 Å². The van der Waals surface area contributed by atoms with E-state index in [1.807, 2.05) is 18.2 Å². The van der Waals surface area contributed by atoms with E-state index in [4.69, 9.17) is 5.73 Å². The standard InChI is InChI=1S/C24H31N3O2S/c1-24(2,3)17-8-10-19(11-9-17)27-14-12-18(13-15-27)26-23(29)20-6-4-5-7-21(20)30-16-22(25)28/h4-11,18H,12-16H2,1-3H3,(H2,25,28)(H,26,29). The van der Waals surface area contributed by atoms with Crippen LogP contribution in [0.1, 0.15) is 49.5 Å². The molecule has 0 aliphatic carbocycles. The summed E-state index contributed by atoms with van der Waals surface area (Å²) in [5.41, 5.74) is 8.57. The van der Waals surface area contributed by atoms with Crippen molar-refractivity contribution in [2.45, 2.75) is 50.0 Å². The number of primary amides is 1. The molecule has 1 aliphatic rings. The molecule has 0 aromatic heterocycles. The van der Waals surface area contributed by atoms with Crippen molar-refractivity contribution in [1.82, 2.24) is 5.32 Å². The summed E-state index contributed by atoms with van der Waals surface area (Å²) in [5.74, 6) is -0.315. The number of thioether (sulfide) groups is 1. The molecule has 1 aliphatic heterocycles. The zero-order chi connectivity index (χ0) is 21.7. The van der Waals surface area contributed by atoms with Gasteiger partial charge in [0.05, 0.1) is 11.3 Å². The fourth-order valence-electron chi connectivity index (χ4n) is 3.65. The Kier molecular flexibility index (Phi) is 7.08. The van der Waals surface area contributed by atoms with Gasteiger partial charge in [0.25, 0.3) is 5.91 Å². The van der Waals surface area contributed by atoms with Gasteiger partial charge in [0.1, 0.15) is 0 Å². The first-order valence-corrected chi connectivity index (χ1v) is 11.4. The highest BCUT2D eigenvalue weighted by atomic mass is 32.2. The van der Waals surface area contributed by atoms with Gasteiger partial charge in [-0.3, -0.25) is 9.59 Å². The molecule has 1 heterocycles. The highest BCUT2D eigenvalue weighted by Crippen LogP contribution is 2.27. The van der Waals surface area contributed by atoms with Crippen molar-refractivity contribution in [3.8, 4) is 0 Å². The normalized spacial score (nSPS) is 15.1. The lowest BCUT2D eigenvalue weighted by Gasteiger charge is -2.34. The van der Waals surface area contributed by atoms with Crippen LogP contribution in [0, 0.1) is 0 Å². The van der Waals surface area contributed by atoms with E-state index >= 15 is 0 Å². The Morgan fingerprint density at radius 2 is 1.70 bits per heavy atom. The quantitative estimate of drug-likeness (QED) is 0.687. The average molecular weight is 426 g/mol. The molecule has 160 valence electrons. The Balaban J connectivity index is 1.56. The smallest absolute Gasteiger partial charge is 0.252 e. The molecule has 1 fully saturated rings. The molecule has 5 nitrogen and oxygen atoms in total. The van der Waals surface area contributed by atoms with Gasteiger partial charge in [-0.05, 0) is 48.1 Å². The van der Waals surface area contributed by atoms with E-state index in [1.54, 1.807) is 6.07 Å². The zero-order valence-corrected chi connectivity index (χ0v) is 18.8. The van der Waals surface area contributed by atoms with Crippen molar-refractivity contribution in [3.05, 3.63) is 59.7 Å². The lowest BCUT2D eigenvalue weighted by Crippen LogP contribution is -2.44. The van der Waals surface area contributed by atoms with Gasteiger partial charge in [0, 0.05) is 29.7 Å². The van der Waals surface area contributed by atoms with Crippen LogP contribution >= 0.6 is 11.8 Å². The van der Waals surface area contributed by atoms with Crippen molar-refractivity contribution in [2.75, 3.05) is 23.7 Å². The maximum Gasteiger partial charge on any atom is 0.252 e. The molecule has 2 aromatic rings. The number of nitrogens with zero attached hydrogens (tertiary/aromatic N) is 1. The monoisotopic (exact) mass is 425 g/mol. The predicted octanol–water partition coefficient (Wildman–Crippen LogP) is 3.96. The number of rotatable bonds is 6. The van der Waals surface area contributed by atoms with Crippen molar-refractivity contribution in [3.63, 3.8) is 0 Å². The summed E-state index contributed by atoms with van der Waals surface area (Å²) in [6.07, 6.45) is 1.81. The van der Waals surface area contributed by atoms with Gasteiger partial charge in [0.2, 0.25) is 5.91 Å². The Morgan fingerprint density at radius 1 is 1.07 bits per heavy atom. The van der Waals surface area contributed by atoms with Gasteiger partial charge in [-0.15, -0.1) is 11.8 Å². The summed E-state index contributed by atoms with van der Waals surface area (Å²) in [6, 6.07) is 16.3. The van der Waals surface area contributed by atoms with E-state index in [-0.39, 0.29) is 23.1 Å². The first-order valence-electron chi connectivity index (χ1n) is 10.4. The van der Waals surface area contributed by atoms with Gasteiger partial charge >= 0.3 is 0 Å². The topological polar surface area (TPSA) is 75.4 Å². The molecule has 2 aromatic carbocycles. The molecule has 1 saturated heterocycles. The van der Waals surface area contributed by atoms with Crippen LogP contribution in [-0.4, -0.2) is 36.7 Å². The molecule has 0 radical (unpaired) electrons. The number of anilines is 1. The SMILES string of the molecule is CC(C)(C)c1ccc(N2CCC(NC(=O)c3ccccc3SCC(N)=O)CC2)cc1. The minimum atomic E-state index is -0.391. The minimum Gasteiger partial charge on any atom is -0.371 e. The van der Waals surface area contributed by atoms with Crippen LogP contribution < -0.4 is 16.0 Å². The number of hydrogen-bond donors (Lipinski definition) is 2. The van der Waals surface area contributed by atoms with E-state index in [1.165, 1.54) is 23.0 Å². The van der Waals surface area contributed by atoms with Gasteiger partial charge < -0.3 is 16.0 Å². The van der Waals surface area contributed by atoms with Crippen LogP contribution in [0.15, 0.2) is 53.4 Å². The first kappa shape index (κ1) is 22.2. The van der Waals surface area contributed by atoms with Crippen LogP contribution in [0.2, 0.25) is 0 Å². The summed E-state index contributed by atoms with van der Waals surface area (Å²) in [5, 5.41) is 3.17. The van der Waals surface area contributed by atoms with Crippen molar-refractivity contribution in [2.24, 2.45) is 5.73 Å². The molecule has 6 heteroatoms. The third-order valence-corrected chi connectivity index (χ3v) is 6.53. The molecule has 0 atom stereocenters. The van der Waals surface area contributed by atoms with Crippen LogP contribution in [0.4, 0.5) is 5.69 Å². The molecule has 0 bridgehead atoms. The van der Waals surface area contributed by atoms with Crippen molar-refractivity contribution >= 4 is 29.3 Å². The summed E-state index contributed by atoms with van der Waals surface area (Å²) in [6.45, 7) is 8.50. The molecule has 3 N–H and O–H groups in total. The van der Waals surface area contributed by atoms with Crippen molar-refractivity contribution < 1.29 is 9.59 Å². The van der Waals surface area contributed by atoms with Gasteiger partial charge in [-0.25, -0.2) is 0 Å². The molecular weight excluding hydrogens is 394 g/mol. The molecule has 0 saturated carbocycles.